The van der Waals surface area contributed by atoms with Crippen LogP contribution in [0.2, 0.25) is 0 Å². The molecule has 0 spiro atoms. The van der Waals surface area contributed by atoms with Gasteiger partial charge >= 0.3 is 0 Å². The zero-order valence-corrected chi connectivity index (χ0v) is 22.7. The van der Waals surface area contributed by atoms with Gasteiger partial charge < -0.3 is 31.3 Å². The number of ketones is 3. The molecule has 0 unspecified atom stereocenters. The van der Waals surface area contributed by atoms with Gasteiger partial charge in [0.2, 0.25) is 5.78 Å². The van der Waals surface area contributed by atoms with Crippen LogP contribution in [0.15, 0.2) is 59.1 Å². The van der Waals surface area contributed by atoms with Crippen LogP contribution in [0.25, 0.3) is 11.1 Å². The molecule has 0 fully saturated rings. The molecule has 214 valence electrons. The second-order valence-corrected chi connectivity index (χ2v) is 11.1. The van der Waals surface area contributed by atoms with Crippen LogP contribution in [-0.4, -0.2) is 85.5 Å². The monoisotopic (exact) mass is 562 g/mol. The number of carbonyl (C=O) groups excluding carboxylic acids is 4. The number of hydrogen-bond donors (Lipinski definition) is 6. The van der Waals surface area contributed by atoms with Gasteiger partial charge in [-0.3, -0.25) is 24.1 Å². The Bertz CT molecular complexity index is 1600. The van der Waals surface area contributed by atoms with E-state index >= 15 is 0 Å². The van der Waals surface area contributed by atoms with Crippen LogP contribution in [0, 0.1) is 11.8 Å². The van der Waals surface area contributed by atoms with E-state index in [9.17, 15) is 44.7 Å². The molecule has 6 atom stereocenters. The van der Waals surface area contributed by atoms with Crippen LogP contribution in [0.3, 0.4) is 0 Å². The number of hydrogen-bond acceptors (Lipinski definition) is 10. The third kappa shape index (κ3) is 3.69. The standard InChI is InChI=1S/C30H30N2O9/c1-11-15-9-10-16(14-7-5-13(6-8-14)12(2)33)23(34)18(15)24(35)19-17(11)25(36)21-22(32(3)4)26(37)20(29(31)40)28(39)30(21,41)27(19)38/h5-11,17,21-22,25,34,36-38,41H,1-4H3,(H2,31,40)/t11-,17+,21+,22-,25-,30-/m0/s1. The number of amides is 1. The molecule has 0 aromatic heterocycles. The first-order valence-corrected chi connectivity index (χ1v) is 13.0. The number of Topliss-reactive ketones (excluding diaryl/α,β-unsaturated/α-hetero) is 3. The summed E-state index contributed by atoms with van der Waals surface area (Å²) < 4.78 is 0. The number of likely N-dealkylation sites (N-methyl/N-ethyl adjacent to an activating group) is 1. The Morgan fingerprint density at radius 3 is 2.15 bits per heavy atom. The average Bonchev–Trinajstić information content (AvgIpc) is 2.90. The molecule has 2 aromatic carbocycles. The van der Waals surface area contributed by atoms with Crippen molar-refractivity contribution in [1.82, 2.24) is 4.90 Å². The molecule has 41 heavy (non-hydrogen) atoms. The minimum atomic E-state index is -2.97. The smallest absolute Gasteiger partial charge is 0.255 e. The van der Waals surface area contributed by atoms with E-state index in [2.05, 4.69) is 0 Å². The summed E-state index contributed by atoms with van der Waals surface area (Å²) in [5.74, 6) is -9.54. The number of primary amides is 1. The minimum absolute atomic E-state index is 0.146. The van der Waals surface area contributed by atoms with Crippen molar-refractivity contribution >= 4 is 23.3 Å². The Balaban J connectivity index is 1.73. The summed E-state index contributed by atoms with van der Waals surface area (Å²) in [4.78, 5) is 52.7. The Labute approximate surface area is 234 Å². The second kappa shape index (κ2) is 9.37. The first kappa shape index (κ1) is 28.2. The van der Waals surface area contributed by atoms with E-state index in [-0.39, 0.29) is 16.9 Å². The first-order valence-electron chi connectivity index (χ1n) is 13.0. The summed E-state index contributed by atoms with van der Waals surface area (Å²) in [6.45, 7) is 3.08. The third-order valence-corrected chi connectivity index (χ3v) is 8.73. The summed E-state index contributed by atoms with van der Waals surface area (Å²) in [7, 11) is 2.96. The van der Waals surface area contributed by atoms with Crippen LogP contribution >= 0.6 is 0 Å². The zero-order valence-electron chi connectivity index (χ0n) is 22.7. The van der Waals surface area contributed by atoms with E-state index in [4.69, 9.17) is 5.73 Å². The van der Waals surface area contributed by atoms with E-state index in [1.165, 1.54) is 25.9 Å². The summed E-state index contributed by atoms with van der Waals surface area (Å²) in [6.07, 6.45) is -1.66. The topological polar surface area (TPSA) is 199 Å². The normalized spacial score (nSPS) is 29.3. The number of aliphatic hydroxyl groups excluding tert-OH is 3. The Hall–Kier alpha value is -4.32. The van der Waals surface area contributed by atoms with Gasteiger partial charge in [0.1, 0.15) is 22.8 Å². The predicted octanol–water partition coefficient (Wildman–Crippen LogP) is 1.52. The highest BCUT2D eigenvalue weighted by Crippen LogP contribution is 2.56. The molecule has 0 bridgehead atoms. The van der Waals surface area contributed by atoms with E-state index < -0.39 is 81.4 Å². The number of nitrogens with two attached hydrogens (primary N) is 1. The van der Waals surface area contributed by atoms with Gasteiger partial charge in [0.05, 0.1) is 23.6 Å². The summed E-state index contributed by atoms with van der Waals surface area (Å²) in [6, 6.07) is 8.27. The van der Waals surface area contributed by atoms with Crippen molar-refractivity contribution in [3.63, 3.8) is 0 Å². The van der Waals surface area contributed by atoms with Crippen LogP contribution in [-0.2, 0) is 9.59 Å². The lowest BCUT2D eigenvalue weighted by Crippen LogP contribution is -2.68. The van der Waals surface area contributed by atoms with Crippen molar-refractivity contribution in [2.75, 3.05) is 14.1 Å². The third-order valence-electron chi connectivity index (χ3n) is 8.73. The fourth-order valence-corrected chi connectivity index (χ4v) is 6.74. The first-order chi connectivity index (χ1) is 19.2. The molecule has 0 aliphatic heterocycles. The van der Waals surface area contributed by atoms with Crippen molar-refractivity contribution in [3.05, 3.63) is 75.8 Å². The van der Waals surface area contributed by atoms with E-state index in [0.29, 0.717) is 16.7 Å². The molecule has 5 rings (SSSR count). The quantitative estimate of drug-likeness (QED) is 0.235. The van der Waals surface area contributed by atoms with Gasteiger partial charge in [-0.15, -0.1) is 0 Å². The molecule has 11 nitrogen and oxygen atoms in total. The van der Waals surface area contributed by atoms with Crippen molar-refractivity contribution in [2.45, 2.75) is 37.5 Å². The van der Waals surface area contributed by atoms with Crippen LogP contribution in [0.5, 0.6) is 5.75 Å². The molecule has 3 aliphatic carbocycles. The van der Waals surface area contributed by atoms with Crippen LogP contribution in [0.1, 0.15) is 46.0 Å². The molecule has 7 N–H and O–H groups in total. The number of phenolic OH excluding ortho intramolecular Hbond substituents is 1. The molecule has 11 heteroatoms. The molecule has 3 aliphatic rings. The number of carbonyl (C=O) groups is 4. The van der Waals surface area contributed by atoms with Crippen molar-refractivity contribution in [1.29, 1.82) is 0 Å². The molecule has 0 radical (unpaired) electrons. The number of aliphatic hydroxyl groups is 4. The van der Waals surface area contributed by atoms with Gasteiger partial charge in [-0.25, -0.2) is 0 Å². The highest BCUT2D eigenvalue weighted by molar-refractivity contribution is 6.25. The van der Waals surface area contributed by atoms with E-state index in [1.807, 2.05) is 0 Å². The summed E-state index contributed by atoms with van der Waals surface area (Å²) >= 11 is 0. The number of phenols is 1. The Kier molecular flexibility index (Phi) is 6.45. The number of nitrogens with zero attached hydrogens (tertiary/aromatic N) is 1. The minimum Gasteiger partial charge on any atom is -0.510 e. The SMILES string of the molecule is CC(=O)c1ccc(-c2ccc3c(c2O)C(=O)C2=C(O)[C@]4(O)C(=O)C(C(N)=O)=C(O)[C@@H](N(C)C)[C@@H]4[C@@H](O)[C@@H]2[C@H]3C)cc1. The maximum absolute atomic E-state index is 14.0. The van der Waals surface area contributed by atoms with Crippen LogP contribution < -0.4 is 5.73 Å². The number of aromatic hydroxyl groups is 1. The molecule has 2 aromatic rings. The lowest BCUT2D eigenvalue weighted by atomic mass is 9.55. The molecule has 0 saturated carbocycles. The van der Waals surface area contributed by atoms with Crippen LogP contribution in [0.4, 0.5) is 0 Å². The fourth-order valence-electron chi connectivity index (χ4n) is 6.74. The maximum Gasteiger partial charge on any atom is 0.255 e. The largest absolute Gasteiger partial charge is 0.510 e. The number of rotatable bonds is 4. The average molecular weight is 563 g/mol. The lowest BCUT2D eigenvalue weighted by molar-refractivity contribution is -0.162. The van der Waals surface area contributed by atoms with Gasteiger partial charge in [-0.05, 0) is 38.1 Å². The fraction of sp³-hybridized carbons (Fsp3) is 0.333. The molecule has 0 saturated heterocycles. The lowest BCUT2D eigenvalue weighted by Gasteiger charge is -2.53. The van der Waals surface area contributed by atoms with Crippen molar-refractivity contribution in [3.8, 4) is 16.9 Å². The maximum atomic E-state index is 14.0. The van der Waals surface area contributed by atoms with E-state index in [1.54, 1.807) is 43.3 Å². The number of fused-ring (bicyclic) bond motifs is 3. The van der Waals surface area contributed by atoms with Crippen molar-refractivity contribution in [2.24, 2.45) is 17.6 Å². The molecular formula is C30H30N2O9. The van der Waals surface area contributed by atoms with Gasteiger partial charge in [0.15, 0.2) is 17.2 Å². The highest BCUT2D eigenvalue weighted by Gasteiger charge is 2.67. The summed E-state index contributed by atoms with van der Waals surface area (Å²) in [5.41, 5.74) is 2.35. The van der Waals surface area contributed by atoms with Gasteiger partial charge in [0, 0.05) is 22.6 Å². The molecule has 0 heterocycles. The van der Waals surface area contributed by atoms with Crippen molar-refractivity contribution < 1.29 is 44.7 Å². The Morgan fingerprint density at radius 2 is 1.61 bits per heavy atom. The summed E-state index contributed by atoms with van der Waals surface area (Å²) in [5, 5.41) is 57.1. The molecule has 1 amide bonds. The van der Waals surface area contributed by atoms with E-state index in [0.717, 1.165) is 0 Å². The highest BCUT2D eigenvalue weighted by atomic mass is 16.4. The predicted molar refractivity (Wildman–Crippen MR) is 145 cm³/mol. The number of benzene rings is 2. The molecular weight excluding hydrogens is 532 g/mol. The second-order valence-electron chi connectivity index (χ2n) is 11.1. The zero-order chi connectivity index (χ0) is 30.3. The van der Waals surface area contributed by atoms with Gasteiger partial charge in [-0.1, -0.05) is 43.3 Å². The van der Waals surface area contributed by atoms with Gasteiger partial charge in [-0.2, -0.15) is 0 Å². The Morgan fingerprint density at radius 1 is 1.00 bits per heavy atom. The van der Waals surface area contributed by atoms with Gasteiger partial charge in [0.25, 0.3) is 5.91 Å².